The van der Waals surface area contributed by atoms with Gasteiger partial charge in [0.15, 0.2) is 5.96 Å². The number of hydrogen-bond acceptors (Lipinski definition) is 5. The smallest absolute Gasteiger partial charge is 0.242 e. The quantitative estimate of drug-likeness (QED) is 0.197. The fourth-order valence-corrected chi connectivity index (χ4v) is 2.72. The number of piperidine rings is 1. The van der Waals surface area contributed by atoms with Gasteiger partial charge in [0.25, 0.3) is 0 Å². The van der Waals surface area contributed by atoms with Crippen molar-refractivity contribution in [2.75, 3.05) is 26.2 Å². The molecule has 1 fully saturated rings. The number of nitrogens with one attached hydrogen (secondary N) is 1. The maximum Gasteiger partial charge on any atom is 0.242 e. The minimum atomic E-state index is -0.978. The van der Waals surface area contributed by atoms with Gasteiger partial charge in [-0.1, -0.05) is 6.92 Å². The minimum Gasteiger partial charge on any atom is -0.394 e. The van der Waals surface area contributed by atoms with E-state index in [0.717, 1.165) is 19.3 Å². The highest BCUT2D eigenvalue weighted by Gasteiger charge is 2.36. The summed E-state index contributed by atoms with van der Waals surface area (Å²) < 4.78 is 0. The average Bonchev–Trinajstić information content (AvgIpc) is 2.56. The standard InChI is InChI=1S/C15H30N6O3/c1-10-4-7-21(14(24)11(16)9-22)12(8-10)13(23)19-5-2-3-6-20-15(17)18/h10-12,22H,2-9,16H2,1H3,(H,19,23)(H4,17,18,20)/t10-,11-,12-/m0/s1. The van der Waals surface area contributed by atoms with E-state index in [-0.39, 0.29) is 17.8 Å². The van der Waals surface area contributed by atoms with Crippen LogP contribution in [0.15, 0.2) is 4.99 Å². The third kappa shape index (κ3) is 6.32. The first-order valence-corrected chi connectivity index (χ1v) is 8.36. The zero-order valence-electron chi connectivity index (χ0n) is 14.3. The molecule has 8 N–H and O–H groups in total. The molecule has 0 aromatic carbocycles. The number of nitrogens with zero attached hydrogens (tertiary/aromatic N) is 2. The lowest BCUT2D eigenvalue weighted by atomic mass is 9.91. The number of unbranched alkanes of at least 4 members (excludes halogenated alkanes) is 1. The Morgan fingerprint density at radius 1 is 1.38 bits per heavy atom. The van der Waals surface area contributed by atoms with Crippen LogP contribution in [0.3, 0.4) is 0 Å². The van der Waals surface area contributed by atoms with Gasteiger partial charge in [-0.25, -0.2) is 0 Å². The Morgan fingerprint density at radius 2 is 2.08 bits per heavy atom. The minimum absolute atomic E-state index is 0.0598. The molecular weight excluding hydrogens is 312 g/mol. The van der Waals surface area contributed by atoms with Crippen LogP contribution in [-0.4, -0.2) is 66.1 Å². The summed E-state index contributed by atoms with van der Waals surface area (Å²) in [5.74, 6) is -0.138. The molecule has 1 heterocycles. The number of carbonyl (C=O) groups is 2. The number of aliphatic hydroxyl groups is 1. The molecule has 0 radical (unpaired) electrons. The molecule has 9 nitrogen and oxygen atoms in total. The molecule has 9 heteroatoms. The van der Waals surface area contributed by atoms with Crippen LogP contribution >= 0.6 is 0 Å². The molecule has 0 bridgehead atoms. The van der Waals surface area contributed by atoms with Crippen LogP contribution in [0.25, 0.3) is 0 Å². The summed E-state index contributed by atoms with van der Waals surface area (Å²) in [6.07, 6.45) is 2.93. The summed E-state index contributed by atoms with van der Waals surface area (Å²) in [5.41, 5.74) is 16.1. The maximum atomic E-state index is 12.4. The van der Waals surface area contributed by atoms with Crippen molar-refractivity contribution in [1.29, 1.82) is 0 Å². The largest absolute Gasteiger partial charge is 0.394 e. The van der Waals surface area contributed by atoms with Crippen LogP contribution in [0.1, 0.15) is 32.6 Å². The zero-order chi connectivity index (χ0) is 18.1. The molecule has 1 aliphatic rings. The van der Waals surface area contributed by atoms with E-state index in [0.29, 0.717) is 32.0 Å². The molecule has 2 amide bonds. The predicted molar refractivity (Wildman–Crippen MR) is 91.9 cm³/mol. The second-order valence-corrected chi connectivity index (χ2v) is 6.27. The number of carbonyl (C=O) groups excluding carboxylic acids is 2. The Balaban J connectivity index is 2.50. The summed E-state index contributed by atoms with van der Waals surface area (Å²) >= 11 is 0. The highest BCUT2D eigenvalue weighted by molar-refractivity contribution is 5.90. The third-order valence-electron chi connectivity index (χ3n) is 4.14. The van der Waals surface area contributed by atoms with E-state index in [4.69, 9.17) is 22.3 Å². The number of aliphatic imine (C=N–C) groups is 1. The van der Waals surface area contributed by atoms with E-state index < -0.39 is 18.7 Å². The highest BCUT2D eigenvalue weighted by atomic mass is 16.3. The molecule has 24 heavy (non-hydrogen) atoms. The third-order valence-corrected chi connectivity index (χ3v) is 4.14. The molecule has 0 saturated carbocycles. The number of rotatable bonds is 8. The van der Waals surface area contributed by atoms with Crippen LogP contribution in [0.4, 0.5) is 0 Å². The van der Waals surface area contributed by atoms with Crippen molar-refractivity contribution in [2.45, 2.75) is 44.7 Å². The molecule has 1 aliphatic heterocycles. The number of likely N-dealkylation sites (tertiary alicyclic amines) is 1. The van der Waals surface area contributed by atoms with Gasteiger partial charge >= 0.3 is 0 Å². The first-order valence-electron chi connectivity index (χ1n) is 8.36. The lowest BCUT2D eigenvalue weighted by molar-refractivity contribution is -0.144. The second kappa shape index (κ2) is 10.1. The van der Waals surface area contributed by atoms with Crippen LogP contribution in [0.5, 0.6) is 0 Å². The number of guanidine groups is 1. The Kier molecular flexibility index (Phi) is 8.48. The SMILES string of the molecule is C[C@H]1CCN(C(=O)[C@@H](N)CO)[C@H](C(=O)NCCCCN=C(N)N)C1. The van der Waals surface area contributed by atoms with Crippen LogP contribution in [0, 0.1) is 5.92 Å². The summed E-state index contributed by atoms with van der Waals surface area (Å²) in [7, 11) is 0. The van der Waals surface area contributed by atoms with Gasteiger partial charge in [-0.2, -0.15) is 0 Å². The van der Waals surface area contributed by atoms with Crippen LogP contribution < -0.4 is 22.5 Å². The van der Waals surface area contributed by atoms with Gasteiger partial charge in [-0.3, -0.25) is 14.6 Å². The van der Waals surface area contributed by atoms with Crippen molar-refractivity contribution in [3.05, 3.63) is 0 Å². The van der Waals surface area contributed by atoms with Crippen LogP contribution in [0.2, 0.25) is 0 Å². The molecule has 3 atom stereocenters. The number of hydrogen-bond donors (Lipinski definition) is 5. The Labute approximate surface area is 142 Å². The first kappa shape index (κ1) is 20.2. The summed E-state index contributed by atoms with van der Waals surface area (Å²) in [6.45, 7) is 3.13. The molecule has 0 aromatic heterocycles. The summed E-state index contributed by atoms with van der Waals surface area (Å²) in [4.78, 5) is 30.1. The van der Waals surface area contributed by atoms with Gasteiger partial charge in [0.2, 0.25) is 11.8 Å². The van der Waals surface area contributed by atoms with E-state index in [2.05, 4.69) is 17.2 Å². The van der Waals surface area contributed by atoms with Gasteiger partial charge < -0.3 is 32.5 Å². The summed E-state index contributed by atoms with van der Waals surface area (Å²) in [6, 6.07) is -1.51. The van der Waals surface area contributed by atoms with Gasteiger partial charge in [0.1, 0.15) is 12.1 Å². The molecular formula is C15H30N6O3. The van der Waals surface area contributed by atoms with Gasteiger partial charge in [-0.05, 0) is 31.6 Å². The zero-order valence-corrected chi connectivity index (χ0v) is 14.3. The molecule has 138 valence electrons. The molecule has 1 saturated heterocycles. The highest BCUT2D eigenvalue weighted by Crippen LogP contribution is 2.23. The number of amides is 2. The summed E-state index contributed by atoms with van der Waals surface area (Å²) in [5, 5.41) is 11.9. The van der Waals surface area contributed by atoms with Crippen molar-refractivity contribution in [3.8, 4) is 0 Å². The fourth-order valence-electron chi connectivity index (χ4n) is 2.72. The first-order chi connectivity index (χ1) is 11.4. The Bertz CT molecular complexity index is 452. The predicted octanol–water partition coefficient (Wildman–Crippen LogP) is -1.90. The van der Waals surface area contributed by atoms with Crippen molar-refractivity contribution >= 4 is 17.8 Å². The van der Waals surface area contributed by atoms with Gasteiger partial charge in [0.05, 0.1) is 6.61 Å². The molecule has 1 rings (SSSR count). The van der Waals surface area contributed by atoms with E-state index >= 15 is 0 Å². The monoisotopic (exact) mass is 342 g/mol. The normalized spacial score (nSPS) is 21.9. The Morgan fingerprint density at radius 3 is 2.71 bits per heavy atom. The number of aliphatic hydroxyl groups excluding tert-OH is 1. The van der Waals surface area contributed by atoms with Gasteiger partial charge in [0, 0.05) is 19.6 Å². The lowest BCUT2D eigenvalue weighted by Crippen LogP contribution is -2.57. The topological polar surface area (TPSA) is 160 Å². The second-order valence-electron chi connectivity index (χ2n) is 6.27. The van der Waals surface area contributed by atoms with Crippen LogP contribution in [-0.2, 0) is 9.59 Å². The molecule has 0 aromatic rings. The van der Waals surface area contributed by atoms with Crippen molar-refractivity contribution in [2.24, 2.45) is 28.1 Å². The molecule has 0 unspecified atom stereocenters. The van der Waals surface area contributed by atoms with E-state index in [9.17, 15) is 9.59 Å². The Hall–Kier alpha value is -1.87. The van der Waals surface area contributed by atoms with Crippen molar-refractivity contribution in [3.63, 3.8) is 0 Å². The maximum absolute atomic E-state index is 12.4. The average molecular weight is 342 g/mol. The van der Waals surface area contributed by atoms with Gasteiger partial charge in [-0.15, -0.1) is 0 Å². The van der Waals surface area contributed by atoms with Crippen molar-refractivity contribution < 1.29 is 14.7 Å². The van der Waals surface area contributed by atoms with Crippen molar-refractivity contribution in [1.82, 2.24) is 10.2 Å². The number of nitrogens with two attached hydrogens (primary N) is 3. The molecule has 0 spiro atoms. The van der Waals surface area contributed by atoms with E-state index in [1.165, 1.54) is 4.90 Å². The fraction of sp³-hybridized carbons (Fsp3) is 0.800. The van der Waals surface area contributed by atoms with E-state index in [1.54, 1.807) is 0 Å². The van der Waals surface area contributed by atoms with E-state index in [1.807, 2.05) is 0 Å². The molecule has 0 aliphatic carbocycles. The lowest BCUT2D eigenvalue weighted by Gasteiger charge is -2.38.